The molecule has 0 bridgehead atoms. The van der Waals surface area contributed by atoms with Crippen molar-refractivity contribution < 1.29 is 4.74 Å². The van der Waals surface area contributed by atoms with Gasteiger partial charge in [0.25, 0.3) is 0 Å². The molecule has 1 saturated heterocycles. The van der Waals surface area contributed by atoms with Gasteiger partial charge in [-0.1, -0.05) is 19.8 Å². The van der Waals surface area contributed by atoms with E-state index in [9.17, 15) is 0 Å². The van der Waals surface area contributed by atoms with Crippen LogP contribution in [0.15, 0.2) is 0 Å². The quantitative estimate of drug-likeness (QED) is 0.820. The summed E-state index contributed by atoms with van der Waals surface area (Å²) >= 11 is 0. The largest absolute Gasteiger partial charge is 0.380 e. The predicted octanol–water partition coefficient (Wildman–Crippen LogP) is 2.00. The van der Waals surface area contributed by atoms with Crippen molar-refractivity contribution in [1.29, 1.82) is 0 Å². The molecule has 2 N–H and O–H groups in total. The summed E-state index contributed by atoms with van der Waals surface area (Å²) in [6, 6.07) is 1.00. The lowest BCUT2D eigenvalue weighted by atomic mass is 9.80. The molecule has 100 valence electrons. The first-order valence-corrected chi connectivity index (χ1v) is 7.38. The summed E-state index contributed by atoms with van der Waals surface area (Å²) in [5, 5.41) is 0. The number of hydrogen-bond donors (Lipinski definition) is 1. The van der Waals surface area contributed by atoms with Crippen molar-refractivity contribution in [2.24, 2.45) is 11.7 Å². The summed E-state index contributed by atoms with van der Waals surface area (Å²) in [7, 11) is 0. The summed E-state index contributed by atoms with van der Waals surface area (Å²) in [6.07, 6.45) is 7.74. The zero-order chi connectivity index (χ0) is 12.1. The summed E-state index contributed by atoms with van der Waals surface area (Å²) < 4.78 is 5.54. The minimum Gasteiger partial charge on any atom is -0.380 e. The van der Waals surface area contributed by atoms with Crippen LogP contribution in [0.5, 0.6) is 0 Å². The molecule has 0 aromatic heterocycles. The van der Waals surface area contributed by atoms with E-state index in [1.165, 1.54) is 45.1 Å². The molecule has 0 spiro atoms. The van der Waals surface area contributed by atoms with Crippen LogP contribution in [0.3, 0.4) is 0 Å². The first-order chi connectivity index (χ1) is 8.31. The Hall–Kier alpha value is -0.120. The first-order valence-electron chi connectivity index (χ1n) is 7.38. The normalized spacial score (nSPS) is 36.7. The molecule has 3 atom stereocenters. The Morgan fingerprint density at radius 3 is 2.94 bits per heavy atom. The number of nitrogens with two attached hydrogens (primary N) is 1. The van der Waals surface area contributed by atoms with Gasteiger partial charge in [0.15, 0.2) is 0 Å². The van der Waals surface area contributed by atoms with Crippen LogP contribution in [0, 0.1) is 5.92 Å². The van der Waals surface area contributed by atoms with Crippen molar-refractivity contribution in [2.75, 3.05) is 26.3 Å². The number of hydrogen-bond acceptors (Lipinski definition) is 3. The van der Waals surface area contributed by atoms with Crippen LogP contribution in [0.25, 0.3) is 0 Å². The number of ether oxygens (including phenoxy) is 1. The van der Waals surface area contributed by atoms with Gasteiger partial charge >= 0.3 is 0 Å². The second kappa shape index (κ2) is 6.72. The van der Waals surface area contributed by atoms with Gasteiger partial charge in [-0.15, -0.1) is 0 Å². The van der Waals surface area contributed by atoms with Gasteiger partial charge < -0.3 is 10.5 Å². The van der Waals surface area contributed by atoms with Crippen molar-refractivity contribution in [1.82, 2.24) is 4.90 Å². The molecule has 0 amide bonds. The Morgan fingerprint density at radius 1 is 1.24 bits per heavy atom. The topological polar surface area (TPSA) is 38.5 Å². The second-order valence-corrected chi connectivity index (χ2v) is 5.70. The fourth-order valence-corrected chi connectivity index (χ4v) is 3.44. The average molecular weight is 240 g/mol. The molecule has 2 fully saturated rings. The third-order valence-electron chi connectivity index (χ3n) is 4.40. The Bertz CT molecular complexity index is 214. The summed E-state index contributed by atoms with van der Waals surface area (Å²) in [4.78, 5) is 2.60. The third-order valence-corrected chi connectivity index (χ3v) is 4.40. The maximum Gasteiger partial charge on any atom is 0.0593 e. The highest BCUT2D eigenvalue weighted by Gasteiger charge is 2.32. The zero-order valence-corrected chi connectivity index (χ0v) is 11.2. The molecule has 0 aromatic carbocycles. The Morgan fingerprint density at radius 2 is 2.12 bits per heavy atom. The van der Waals surface area contributed by atoms with Crippen molar-refractivity contribution in [3.63, 3.8) is 0 Å². The van der Waals surface area contributed by atoms with Gasteiger partial charge in [0.05, 0.1) is 6.61 Å². The van der Waals surface area contributed by atoms with Crippen LogP contribution in [0.2, 0.25) is 0 Å². The molecule has 0 aromatic rings. The Balaban J connectivity index is 1.91. The SMILES string of the molecule is CCCC1CCC(N)C(N2CCCOCC2)C1. The fraction of sp³-hybridized carbons (Fsp3) is 1.00. The molecule has 1 heterocycles. The smallest absolute Gasteiger partial charge is 0.0593 e. The maximum absolute atomic E-state index is 6.34. The summed E-state index contributed by atoms with van der Waals surface area (Å²) in [5.41, 5.74) is 6.34. The van der Waals surface area contributed by atoms with Gasteiger partial charge in [0, 0.05) is 31.8 Å². The minimum absolute atomic E-state index is 0.390. The van der Waals surface area contributed by atoms with Crippen LogP contribution in [-0.4, -0.2) is 43.3 Å². The van der Waals surface area contributed by atoms with Gasteiger partial charge in [-0.2, -0.15) is 0 Å². The molecule has 1 saturated carbocycles. The molecule has 1 aliphatic carbocycles. The molecule has 3 unspecified atom stereocenters. The highest BCUT2D eigenvalue weighted by Crippen LogP contribution is 2.30. The van der Waals surface area contributed by atoms with Crippen LogP contribution < -0.4 is 5.73 Å². The van der Waals surface area contributed by atoms with Crippen molar-refractivity contribution in [2.45, 2.75) is 57.5 Å². The fourth-order valence-electron chi connectivity index (χ4n) is 3.44. The summed E-state index contributed by atoms with van der Waals surface area (Å²) in [5.74, 6) is 0.911. The van der Waals surface area contributed by atoms with Gasteiger partial charge in [0.1, 0.15) is 0 Å². The molecule has 1 aliphatic heterocycles. The third kappa shape index (κ3) is 3.67. The van der Waals surface area contributed by atoms with Gasteiger partial charge in [-0.25, -0.2) is 0 Å². The lowest BCUT2D eigenvalue weighted by Gasteiger charge is -2.41. The van der Waals surface area contributed by atoms with E-state index in [2.05, 4.69) is 11.8 Å². The van der Waals surface area contributed by atoms with Gasteiger partial charge in [-0.3, -0.25) is 4.90 Å². The Labute approximate surface area is 106 Å². The minimum atomic E-state index is 0.390. The van der Waals surface area contributed by atoms with Crippen molar-refractivity contribution in [3.8, 4) is 0 Å². The van der Waals surface area contributed by atoms with Crippen molar-refractivity contribution in [3.05, 3.63) is 0 Å². The number of nitrogens with zero attached hydrogens (tertiary/aromatic N) is 1. The molecular weight excluding hydrogens is 212 g/mol. The van der Waals surface area contributed by atoms with E-state index in [0.29, 0.717) is 12.1 Å². The molecule has 2 aliphatic rings. The van der Waals surface area contributed by atoms with E-state index in [1.807, 2.05) is 0 Å². The molecule has 3 heteroatoms. The van der Waals surface area contributed by atoms with Gasteiger partial charge in [0.2, 0.25) is 0 Å². The standard InChI is InChI=1S/C14H28N2O/c1-2-4-12-5-6-13(15)14(11-12)16-7-3-9-17-10-8-16/h12-14H,2-11,15H2,1H3. The highest BCUT2D eigenvalue weighted by atomic mass is 16.5. The monoisotopic (exact) mass is 240 g/mol. The van der Waals surface area contributed by atoms with E-state index in [-0.39, 0.29) is 0 Å². The highest BCUT2D eigenvalue weighted by molar-refractivity contribution is 4.89. The van der Waals surface area contributed by atoms with E-state index in [1.54, 1.807) is 0 Å². The molecule has 17 heavy (non-hydrogen) atoms. The van der Waals surface area contributed by atoms with E-state index in [0.717, 1.165) is 25.7 Å². The predicted molar refractivity (Wildman–Crippen MR) is 71.0 cm³/mol. The van der Waals surface area contributed by atoms with Crippen LogP contribution in [0.1, 0.15) is 45.4 Å². The zero-order valence-electron chi connectivity index (χ0n) is 11.2. The van der Waals surface area contributed by atoms with Crippen LogP contribution in [-0.2, 0) is 4.74 Å². The van der Waals surface area contributed by atoms with Gasteiger partial charge in [-0.05, 0) is 31.6 Å². The van der Waals surface area contributed by atoms with E-state index in [4.69, 9.17) is 10.5 Å². The second-order valence-electron chi connectivity index (χ2n) is 5.70. The molecule has 3 nitrogen and oxygen atoms in total. The maximum atomic E-state index is 6.34. The van der Waals surface area contributed by atoms with E-state index >= 15 is 0 Å². The Kier molecular flexibility index (Phi) is 5.26. The average Bonchev–Trinajstić information content (AvgIpc) is 2.60. The van der Waals surface area contributed by atoms with Crippen molar-refractivity contribution >= 4 is 0 Å². The first kappa shape index (κ1) is 13.3. The number of rotatable bonds is 3. The lowest BCUT2D eigenvalue weighted by Crippen LogP contribution is -2.52. The lowest BCUT2D eigenvalue weighted by molar-refractivity contribution is 0.0956. The molecule has 0 radical (unpaired) electrons. The molecular formula is C14H28N2O. The summed E-state index contributed by atoms with van der Waals surface area (Å²) in [6.45, 7) is 6.37. The van der Waals surface area contributed by atoms with E-state index < -0.39 is 0 Å². The van der Waals surface area contributed by atoms with Crippen LogP contribution >= 0.6 is 0 Å². The van der Waals surface area contributed by atoms with Crippen LogP contribution in [0.4, 0.5) is 0 Å². The molecule has 2 rings (SSSR count).